The molecule has 2 N–H and O–H groups in total. The van der Waals surface area contributed by atoms with Gasteiger partial charge in [-0.1, -0.05) is 19.1 Å². The normalized spacial score (nSPS) is 12.1. The maximum absolute atomic E-state index is 12.3. The van der Waals surface area contributed by atoms with Gasteiger partial charge in [-0.25, -0.2) is 0 Å². The highest BCUT2D eigenvalue weighted by Gasteiger charge is 2.30. The summed E-state index contributed by atoms with van der Waals surface area (Å²) in [6.45, 7) is 1.92. The van der Waals surface area contributed by atoms with E-state index in [0.29, 0.717) is 25.2 Å². The molecule has 0 saturated heterocycles. The van der Waals surface area contributed by atoms with Gasteiger partial charge >= 0.3 is 6.18 Å². The van der Waals surface area contributed by atoms with Crippen molar-refractivity contribution in [1.29, 1.82) is 0 Å². The molecule has 0 aromatic heterocycles. The number of rotatable bonds is 6. The van der Waals surface area contributed by atoms with Crippen molar-refractivity contribution >= 4 is 5.69 Å². The van der Waals surface area contributed by atoms with Gasteiger partial charge in [0.1, 0.15) is 0 Å². The molecule has 0 heterocycles. The van der Waals surface area contributed by atoms with Crippen molar-refractivity contribution in [3.05, 3.63) is 29.8 Å². The first-order valence-corrected chi connectivity index (χ1v) is 6.04. The molecule has 0 aliphatic rings. The molecule has 1 aromatic carbocycles. The van der Waals surface area contributed by atoms with Crippen LogP contribution in [0, 0.1) is 0 Å². The van der Waals surface area contributed by atoms with Crippen LogP contribution in [0.5, 0.6) is 0 Å². The van der Waals surface area contributed by atoms with Gasteiger partial charge in [0.2, 0.25) is 0 Å². The second kappa shape index (κ2) is 6.64. The van der Waals surface area contributed by atoms with E-state index >= 15 is 0 Å². The molecule has 0 saturated carbocycles. The van der Waals surface area contributed by atoms with Crippen molar-refractivity contribution in [2.45, 2.75) is 25.9 Å². The largest absolute Gasteiger partial charge is 0.401 e. The van der Waals surface area contributed by atoms with Crippen LogP contribution in [-0.2, 0) is 6.42 Å². The molecule has 102 valence electrons. The lowest BCUT2D eigenvalue weighted by Gasteiger charge is -2.23. The van der Waals surface area contributed by atoms with Crippen LogP contribution in [0.15, 0.2) is 24.3 Å². The predicted octanol–water partition coefficient (Wildman–Crippen LogP) is 3.09. The molecule has 1 rings (SSSR count). The number of hydrogen-bond donors (Lipinski definition) is 1. The summed E-state index contributed by atoms with van der Waals surface area (Å²) in [6.07, 6.45) is -2.80. The van der Waals surface area contributed by atoms with Crippen LogP contribution in [0.4, 0.5) is 18.9 Å². The van der Waals surface area contributed by atoms with Crippen molar-refractivity contribution < 1.29 is 13.2 Å². The standard InChI is InChI=1S/C13H19F3N2/c1-2-8-18(10-13(14,15)16)9-7-11-3-5-12(17)6-4-11/h3-6H,2,7-10,17H2,1H3. The van der Waals surface area contributed by atoms with E-state index in [2.05, 4.69) is 0 Å². The minimum absolute atomic E-state index is 0.414. The van der Waals surface area contributed by atoms with Crippen LogP contribution in [0.3, 0.4) is 0 Å². The SMILES string of the molecule is CCCN(CCc1ccc(N)cc1)CC(F)(F)F. The smallest absolute Gasteiger partial charge is 0.399 e. The molecule has 0 bridgehead atoms. The minimum Gasteiger partial charge on any atom is -0.399 e. The van der Waals surface area contributed by atoms with Crippen LogP contribution < -0.4 is 5.73 Å². The Bertz CT molecular complexity index is 346. The molecular formula is C13H19F3N2. The lowest BCUT2D eigenvalue weighted by Crippen LogP contribution is -2.36. The second-order valence-corrected chi connectivity index (χ2v) is 4.38. The fourth-order valence-electron chi connectivity index (χ4n) is 1.81. The summed E-state index contributed by atoms with van der Waals surface area (Å²) in [5.74, 6) is 0. The van der Waals surface area contributed by atoms with E-state index in [1.54, 1.807) is 12.1 Å². The molecule has 0 spiro atoms. The molecule has 0 aliphatic carbocycles. The maximum atomic E-state index is 12.3. The molecule has 18 heavy (non-hydrogen) atoms. The fourth-order valence-corrected chi connectivity index (χ4v) is 1.81. The highest BCUT2D eigenvalue weighted by Crippen LogP contribution is 2.17. The van der Waals surface area contributed by atoms with Crippen LogP contribution in [0.25, 0.3) is 0 Å². The zero-order chi connectivity index (χ0) is 13.6. The number of anilines is 1. The molecule has 0 radical (unpaired) electrons. The van der Waals surface area contributed by atoms with E-state index in [4.69, 9.17) is 5.73 Å². The Hall–Kier alpha value is -1.23. The Morgan fingerprint density at radius 2 is 1.72 bits per heavy atom. The first-order valence-electron chi connectivity index (χ1n) is 6.04. The highest BCUT2D eigenvalue weighted by atomic mass is 19.4. The van der Waals surface area contributed by atoms with Gasteiger partial charge in [0.05, 0.1) is 6.54 Å². The van der Waals surface area contributed by atoms with E-state index < -0.39 is 12.7 Å². The van der Waals surface area contributed by atoms with Gasteiger partial charge in [-0.2, -0.15) is 13.2 Å². The number of hydrogen-bond acceptors (Lipinski definition) is 2. The second-order valence-electron chi connectivity index (χ2n) is 4.38. The van der Waals surface area contributed by atoms with Crippen LogP contribution in [0.2, 0.25) is 0 Å². The van der Waals surface area contributed by atoms with E-state index in [1.807, 2.05) is 19.1 Å². The molecule has 0 unspecified atom stereocenters. The van der Waals surface area contributed by atoms with E-state index in [1.165, 1.54) is 4.90 Å². The molecule has 0 amide bonds. The first-order chi connectivity index (χ1) is 8.40. The average Bonchev–Trinajstić information content (AvgIpc) is 2.26. The van der Waals surface area contributed by atoms with Gasteiger partial charge in [-0.05, 0) is 37.1 Å². The summed E-state index contributed by atoms with van der Waals surface area (Å²) >= 11 is 0. The van der Waals surface area contributed by atoms with Gasteiger partial charge in [-0.15, -0.1) is 0 Å². The molecule has 0 aliphatic heterocycles. The van der Waals surface area contributed by atoms with E-state index in [0.717, 1.165) is 12.0 Å². The van der Waals surface area contributed by atoms with Gasteiger partial charge < -0.3 is 5.73 Å². The van der Waals surface area contributed by atoms with E-state index in [9.17, 15) is 13.2 Å². The van der Waals surface area contributed by atoms with Gasteiger partial charge in [0.15, 0.2) is 0 Å². The fraction of sp³-hybridized carbons (Fsp3) is 0.538. The van der Waals surface area contributed by atoms with Gasteiger partial charge in [0.25, 0.3) is 0 Å². The Morgan fingerprint density at radius 3 is 2.22 bits per heavy atom. The van der Waals surface area contributed by atoms with Gasteiger partial charge in [-0.3, -0.25) is 4.90 Å². The van der Waals surface area contributed by atoms with Crippen molar-refractivity contribution in [2.75, 3.05) is 25.4 Å². The molecular weight excluding hydrogens is 241 g/mol. The summed E-state index contributed by atoms with van der Waals surface area (Å²) in [7, 11) is 0. The summed E-state index contributed by atoms with van der Waals surface area (Å²) in [4.78, 5) is 1.44. The van der Waals surface area contributed by atoms with Crippen LogP contribution >= 0.6 is 0 Å². The summed E-state index contributed by atoms with van der Waals surface area (Å²) < 4.78 is 37.0. The Kier molecular flexibility index (Phi) is 5.47. The van der Waals surface area contributed by atoms with Crippen molar-refractivity contribution in [3.63, 3.8) is 0 Å². The Morgan fingerprint density at radius 1 is 1.11 bits per heavy atom. The summed E-state index contributed by atoms with van der Waals surface area (Å²) in [5.41, 5.74) is 7.23. The van der Waals surface area contributed by atoms with Crippen molar-refractivity contribution in [2.24, 2.45) is 0 Å². The zero-order valence-electron chi connectivity index (χ0n) is 10.5. The number of nitrogens with zero attached hydrogens (tertiary/aromatic N) is 1. The quantitative estimate of drug-likeness (QED) is 0.796. The third-order valence-corrected chi connectivity index (χ3v) is 2.64. The van der Waals surface area contributed by atoms with Crippen LogP contribution in [0.1, 0.15) is 18.9 Å². The molecule has 0 atom stereocenters. The monoisotopic (exact) mass is 260 g/mol. The lowest BCUT2D eigenvalue weighted by molar-refractivity contribution is -0.145. The lowest BCUT2D eigenvalue weighted by atomic mass is 10.1. The van der Waals surface area contributed by atoms with E-state index in [-0.39, 0.29) is 0 Å². The average molecular weight is 260 g/mol. The highest BCUT2D eigenvalue weighted by molar-refractivity contribution is 5.39. The molecule has 2 nitrogen and oxygen atoms in total. The van der Waals surface area contributed by atoms with Crippen molar-refractivity contribution in [3.8, 4) is 0 Å². The Balaban J connectivity index is 2.48. The first kappa shape index (κ1) is 14.8. The number of halogens is 3. The third-order valence-electron chi connectivity index (χ3n) is 2.64. The molecule has 0 fully saturated rings. The Labute approximate surface area is 106 Å². The minimum atomic E-state index is -4.13. The van der Waals surface area contributed by atoms with Gasteiger partial charge in [0, 0.05) is 12.2 Å². The molecule has 1 aromatic rings. The topological polar surface area (TPSA) is 29.3 Å². The maximum Gasteiger partial charge on any atom is 0.401 e. The van der Waals surface area contributed by atoms with Crippen LogP contribution in [-0.4, -0.2) is 30.7 Å². The summed E-state index contributed by atoms with van der Waals surface area (Å²) in [6, 6.07) is 7.24. The number of benzene rings is 1. The summed E-state index contributed by atoms with van der Waals surface area (Å²) in [5, 5.41) is 0. The number of nitrogen functional groups attached to an aromatic ring is 1. The predicted molar refractivity (Wildman–Crippen MR) is 67.3 cm³/mol. The third kappa shape index (κ3) is 5.91. The van der Waals surface area contributed by atoms with Crippen molar-refractivity contribution in [1.82, 2.24) is 4.90 Å². The zero-order valence-corrected chi connectivity index (χ0v) is 10.5. The molecule has 5 heteroatoms. The number of nitrogens with two attached hydrogens (primary N) is 1. The number of alkyl halides is 3.